The first-order valence-corrected chi connectivity index (χ1v) is 11.4. The Bertz CT molecular complexity index is 931. The van der Waals surface area contributed by atoms with Gasteiger partial charge in [0.15, 0.2) is 0 Å². The third kappa shape index (κ3) is 5.72. The van der Waals surface area contributed by atoms with E-state index in [9.17, 15) is 9.59 Å². The first-order chi connectivity index (χ1) is 14.8. The normalized spacial score (nSPS) is 15.1. The molecule has 0 atom stereocenters. The van der Waals surface area contributed by atoms with E-state index in [1.807, 2.05) is 6.07 Å². The summed E-state index contributed by atoms with van der Waals surface area (Å²) < 4.78 is 5.53. The highest BCUT2D eigenvalue weighted by atomic mass is 16.5. The quantitative estimate of drug-likeness (QED) is 0.314. The number of fused-ring (bicyclic) bond motifs is 1. The minimum Gasteiger partial charge on any atom is -0.478 e. The third-order valence-corrected chi connectivity index (χ3v) is 6.26. The molecule has 1 N–H and O–H groups in total. The number of aromatic nitrogens is 1. The number of unbranched alkanes of at least 4 members (excludes halogenated alkanes) is 3. The van der Waals surface area contributed by atoms with E-state index in [1.54, 1.807) is 0 Å². The fraction of sp³-hybridized carbons (Fsp3) is 0.500. The summed E-state index contributed by atoms with van der Waals surface area (Å²) in [6, 6.07) is 7.09. The maximum Gasteiger partial charge on any atom is 0.345 e. The molecule has 5 nitrogen and oxygen atoms in total. The van der Waals surface area contributed by atoms with Gasteiger partial charge in [0, 0.05) is 12.3 Å². The lowest BCUT2D eigenvalue weighted by atomic mass is 9.78. The van der Waals surface area contributed by atoms with Crippen LogP contribution >= 0.6 is 0 Å². The molecular formula is C26H33NO4. The van der Waals surface area contributed by atoms with Gasteiger partial charge in [-0.25, -0.2) is 14.6 Å². The molecule has 1 aliphatic rings. The van der Waals surface area contributed by atoms with Crippen molar-refractivity contribution in [3.63, 3.8) is 0 Å². The summed E-state index contributed by atoms with van der Waals surface area (Å²) in [4.78, 5) is 28.1. The number of rotatable bonds is 8. The molecule has 1 heterocycles. The largest absolute Gasteiger partial charge is 0.478 e. The Kier molecular flexibility index (Phi) is 7.47. The van der Waals surface area contributed by atoms with Crippen LogP contribution in [0.4, 0.5) is 0 Å². The lowest BCUT2D eigenvalue weighted by Gasteiger charge is -2.27. The number of carbonyl (C=O) groups excluding carboxylic acids is 1. The molecule has 2 aromatic rings. The SMILES string of the molecule is CCCCCCc1cc2c(cc1C(=O)Oc1ccc(C(=O)O)cn1)CCCCC2(C)C. The van der Waals surface area contributed by atoms with Crippen LogP contribution in [0.25, 0.3) is 0 Å². The number of hydrogen-bond donors (Lipinski definition) is 1. The number of aryl methyl sites for hydroxylation is 2. The Morgan fingerprint density at radius 1 is 1.13 bits per heavy atom. The molecule has 31 heavy (non-hydrogen) atoms. The van der Waals surface area contributed by atoms with Crippen molar-refractivity contribution in [2.75, 3.05) is 0 Å². The third-order valence-electron chi connectivity index (χ3n) is 6.26. The van der Waals surface area contributed by atoms with Crippen LogP contribution in [0.2, 0.25) is 0 Å². The highest BCUT2D eigenvalue weighted by Crippen LogP contribution is 2.37. The summed E-state index contributed by atoms with van der Waals surface area (Å²) in [6.07, 6.45) is 11.0. The fourth-order valence-electron chi connectivity index (χ4n) is 4.40. The first-order valence-electron chi connectivity index (χ1n) is 11.4. The number of pyridine rings is 1. The van der Waals surface area contributed by atoms with E-state index < -0.39 is 11.9 Å². The minimum absolute atomic E-state index is 0.0590. The van der Waals surface area contributed by atoms with Gasteiger partial charge >= 0.3 is 11.9 Å². The summed E-state index contributed by atoms with van der Waals surface area (Å²) >= 11 is 0. The first kappa shape index (κ1) is 23.0. The Balaban J connectivity index is 1.91. The van der Waals surface area contributed by atoms with Gasteiger partial charge in [-0.05, 0) is 66.3 Å². The van der Waals surface area contributed by atoms with Crippen LogP contribution in [0.1, 0.15) is 103 Å². The van der Waals surface area contributed by atoms with Gasteiger partial charge in [-0.15, -0.1) is 0 Å². The van der Waals surface area contributed by atoms with E-state index in [-0.39, 0.29) is 16.9 Å². The molecule has 1 aromatic heterocycles. The number of aromatic carboxylic acids is 1. The number of nitrogens with zero attached hydrogens (tertiary/aromatic N) is 1. The van der Waals surface area contributed by atoms with E-state index in [0.717, 1.165) is 44.1 Å². The monoisotopic (exact) mass is 423 g/mol. The second kappa shape index (κ2) is 10.1. The minimum atomic E-state index is -1.06. The maximum atomic E-state index is 13.1. The molecule has 5 heteroatoms. The van der Waals surface area contributed by atoms with Crippen molar-refractivity contribution in [3.05, 3.63) is 58.3 Å². The Morgan fingerprint density at radius 2 is 1.94 bits per heavy atom. The summed E-state index contributed by atoms with van der Waals surface area (Å²) in [5.74, 6) is -1.37. The van der Waals surface area contributed by atoms with Gasteiger partial charge in [-0.2, -0.15) is 0 Å². The molecule has 0 fully saturated rings. The van der Waals surface area contributed by atoms with Gasteiger partial charge in [-0.1, -0.05) is 52.5 Å². The van der Waals surface area contributed by atoms with Crippen LogP contribution < -0.4 is 4.74 Å². The second-order valence-corrected chi connectivity index (χ2v) is 9.15. The molecule has 1 aromatic carbocycles. The van der Waals surface area contributed by atoms with Crippen LogP contribution in [-0.2, 0) is 18.3 Å². The summed E-state index contributed by atoms with van der Waals surface area (Å²) in [5.41, 5.74) is 4.40. The van der Waals surface area contributed by atoms with E-state index in [4.69, 9.17) is 9.84 Å². The number of ether oxygens (including phenoxy) is 1. The second-order valence-electron chi connectivity index (χ2n) is 9.15. The van der Waals surface area contributed by atoms with Crippen molar-refractivity contribution < 1.29 is 19.4 Å². The van der Waals surface area contributed by atoms with Crippen LogP contribution in [0.5, 0.6) is 5.88 Å². The van der Waals surface area contributed by atoms with Gasteiger partial charge < -0.3 is 9.84 Å². The number of carboxylic acid groups (broad SMARTS) is 1. The molecular weight excluding hydrogens is 390 g/mol. The van der Waals surface area contributed by atoms with Gasteiger partial charge in [0.2, 0.25) is 5.88 Å². The molecule has 0 amide bonds. The van der Waals surface area contributed by atoms with Gasteiger partial charge in [0.05, 0.1) is 11.1 Å². The predicted octanol–water partition coefficient (Wildman–Crippen LogP) is 6.13. The predicted molar refractivity (Wildman–Crippen MR) is 121 cm³/mol. The standard InChI is InChI=1S/C26H33NO4/c1-4-5-6-7-10-18-16-22-19(11-8-9-14-26(22,2)3)15-21(18)25(30)31-23-13-12-20(17-27-23)24(28)29/h12-13,15-17H,4-11,14H2,1-3H3,(H,28,29). The van der Waals surface area contributed by atoms with Crippen molar-refractivity contribution in [2.45, 2.75) is 84.0 Å². The average molecular weight is 424 g/mol. The fourth-order valence-corrected chi connectivity index (χ4v) is 4.40. The summed E-state index contributed by atoms with van der Waals surface area (Å²) in [6.45, 7) is 6.78. The Labute approximate surface area is 184 Å². The van der Waals surface area contributed by atoms with E-state index in [0.29, 0.717) is 5.56 Å². The lowest BCUT2D eigenvalue weighted by Crippen LogP contribution is -2.20. The highest BCUT2D eigenvalue weighted by Gasteiger charge is 2.28. The van der Waals surface area contributed by atoms with Crippen molar-refractivity contribution in [2.24, 2.45) is 0 Å². The molecule has 166 valence electrons. The van der Waals surface area contributed by atoms with Crippen LogP contribution in [0.3, 0.4) is 0 Å². The molecule has 0 bridgehead atoms. The maximum absolute atomic E-state index is 13.1. The van der Waals surface area contributed by atoms with Crippen molar-refractivity contribution >= 4 is 11.9 Å². The number of carboxylic acids is 1. The van der Waals surface area contributed by atoms with Gasteiger partial charge in [-0.3, -0.25) is 0 Å². The van der Waals surface area contributed by atoms with Crippen molar-refractivity contribution in [3.8, 4) is 5.88 Å². The molecule has 1 aliphatic carbocycles. The molecule has 0 unspecified atom stereocenters. The van der Waals surface area contributed by atoms with E-state index in [2.05, 4.69) is 31.8 Å². The van der Waals surface area contributed by atoms with Gasteiger partial charge in [0.25, 0.3) is 0 Å². The van der Waals surface area contributed by atoms with Crippen LogP contribution in [0.15, 0.2) is 30.5 Å². The van der Waals surface area contributed by atoms with Crippen molar-refractivity contribution in [1.82, 2.24) is 4.98 Å². The lowest BCUT2D eigenvalue weighted by molar-refractivity contribution is 0.0696. The highest BCUT2D eigenvalue weighted by molar-refractivity contribution is 5.93. The van der Waals surface area contributed by atoms with E-state index >= 15 is 0 Å². The van der Waals surface area contributed by atoms with Crippen LogP contribution in [0, 0.1) is 0 Å². The zero-order valence-corrected chi connectivity index (χ0v) is 18.9. The molecule has 0 saturated heterocycles. The topological polar surface area (TPSA) is 76.5 Å². The number of hydrogen-bond acceptors (Lipinski definition) is 4. The smallest absolute Gasteiger partial charge is 0.345 e. The summed E-state index contributed by atoms with van der Waals surface area (Å²) in [7, 11) is 0. The zero-order chi connectivity index (χ0) is 22.4. The van der Waals surface area contributed by atoms with Crippen molar-refractivity contribution in [1.29, 1.82) is 0 Å². The van der Waals surface area contributed by atoms with Crippen LogP contribution in [-0.4, -0.2) is 22.0 Å². The Hall–Kier alpha value is -2.69. The Morgan fingerprint density at radius 3 is 2.61 bits per heavy atom. The number of carbonyl (C=O) groups is 2. The molecule has 0 radical (unpaired) electrons. The number of esters is 1. The molecule has 3 rings (SSSR count). The van der Waals surface area contributed by atoms with E-state index in [1.165, 1.54) is 48.7 Å². The number of benzene rings is 1. The molecule has 0 saturated carbocycles. The summed E-state index contributed by atoms with van der Waals surface area (Å²) in [5, 5.41) is 9.02. The molecule has 0 spiro atoms. The van der Waals surface area contributed by atoms with Gasteiger partial charge in [0.1, 0.15) is 0 Å². The zero-order valence-electron chi connectivity index (χ0n) is 18.9. The average Bonchev–Trinajstić information content (AvgIpc) is 2.88. The molecule has 0 aliphatic heterocycles.